The molecule has 3 aromatic rings. The number of non-ortho nitro benzene ring substituents is 1. The van der Waals surface area contributed by atoms with Gasteiger partial charge in [-0.3, -0.25) is 14.9 Å². The summed E-state index contributed by atoms with van der Waals surface area (Å²) in [5.41, 5.74) is 3.01. The molecule has 0 spiro atoms. The molecule has 9 nitrogen and oxygen atoms in total. The van der Waals surface area contributed by atoms with Gasteiger partial charge in [0.25, 0.3) is 11.6 Å². The van der Waals surface area contributed by atoms with Crippen molar-refractivity contribution in [2.45, 2.75) is 26.2 Å². The minimum atomic E-state index is -0.474. The number of carbonyl (C=O) groups is 1. The average Bonchev–Trinajstić information content (AvgIpc) is 3.43. The minimum absolute atomic E-state index is 0.0526. The number of likely N-dealkylation sites (tertiary alicyclic amines) is 1. The Balaban J connectivity index is 1.42. The predicted octanol–water partition coefficient (Wildman–Crippen LogP) is 3.37. The minimum Gasteiger partial charge on any atom is -0.321 e. The number of aromatic nitrogens is 3. The van der Waals surface area contributed by atoms with E-state index < -0.39 is 4.92 Å². The fourth-order valence-electron chi connectivity index (χ4n) is 3.76. The van der Waals surface area contributed by atoms with Crippen molar-refractivity contribution in [3.8, 4) is 5.69 Å². The Hall–Kier alpha value is -3.59. The third-order valence-corrected chi connectivity index (χ3v) is 5.52. The molecule has 0 bridgehead atoms. The highest BCUT2D eigenvalue weighted by molar-refractivity contribution is 6.03. The molecule has 0 saturated carbocycles. The molecule has 1 fully saturated rings. The lowest BCUT2D eigenvalue weighted by Crippen LogP contribution is -2.21. The summed E-state index contributed by atoms with van der Waals surface area (Å²) in [4.78, 5) is 25.7. The number of nitrogens with zero attached hydrogens (tertiary/aromatic N) is 5. The summed E-state index contributed by atoms with van der Waals surface area (Å²) in [6.07, 6.45) is 3.57. The summed E-state index contributed by atoms with van der Waals surface area (Å²) in [7, 11) is 0. The third kappa shape index (κ3) is 4.77. The maximum absolute atomic E-state index is 12.7. The van der Waals surface area contributed by atoms with Crippen LogP contribution in [-0.2, 0) is 6.42 Å². The van der Waals surface area contributed by atoms with Gasteiger partial charge in [-0.05, 0) is 63.0 Å². The molecule has 2 aromatic carbocycles. The molecular formula is C22H24N6O3. The molecule has 1 aromatic heterocycles. The maximum Gasteiger partial charge on any atom is 0.278 e. The molecule has 4 rings (SSSR count). The number of nitrogens with one attached hydrogen (secondary N) is 1. The number of anilines is 1. The zero-order chi connectivity index (χ0) is 21.8. The van der Waals surface area contributed by atoms with Crippen molar-refractivity contribution in [3.05, 3.63) is 75.6 Å². The van der Waals surface area contributed by atoms with E-state index in [4.69, 9.17) is 0 Å². The first kappa shape index (κ1) is 20.7. The zero-order valence-electron chi connectivity index (χ0n) is 17.3. The van der Waals surface area contributed by atoms with Crippen LogP contribution in [0.1, 0.15) is 34.6 Å². The fraction of sp³-hybridized carbons (Fsp3) is 0.318. The van der Waals surface area contributed by atoms with E-state index in [9.17, 15) is 14.9 Å². The summed E-state index contributed by atoms with van der Waals surface area (Å²) < 4.78 is 1.42. The van der Waals surface area contributed by atoms with Gasteiger partial charge < -0.3 is 10.2 Å². The summed E-state index contributed by atoms with van der Waals surface area (Å²) in [5, 5.41) is 21.8. The largest absolute Gasteiger partial charge is 0.321 e. The second-order valence-electron chi connectivity index (χ2n) is 7.66. The molecule has 1 saturated heterocycles. The van der Waals surface area contributed by atoms with E-state index in [1.807, 2.05) is 24.3 Å². The van der Waals surface area contributed by atoms with Crippen molar-refractivity contribution in [1.82, 2.24) is 19.9 Å². The van der Waals surface area contributed by atoms with Gasteiger partial charge in [-0.2, -0.15) is 0 Å². The van der Waals surface area contributed by atoms with E-state index in [-0.39, 0.29) is 17.3 Å². The number of amides is 1. The summed E-state index contributed by atoms with van der Waals surface area (Å²) >= 11 is 0. The van der Waals surface area contributed by atoms with E-state index in [0.717, 1.165) is 13.0 Å². The number of rotatable bonds is 7. The Labute approximate surface area is 179 Å². The van der Waals surface area contributed by atoms with Crippen molar-refractivity contribution < 1.29 is 9.72 Å². The van der Waals surface area contributed by atoms with E-state index in [2.05, 4.69) is 20.5 Å². The van der Waals surface area contributed by atoms with E-state index >= 15 is 0 Å². The van der Waals surface area contributed by atoms with Crippen LogP contribution in [-0.4, -0.2) is 50.4 Å². The summed E-state index contributed by atoms with van der Waals surface area (Å²) in [6, 6.07) is 13.9. The van der Waals surface area contributed by atoms with Crippen LogP contribution in [0, 0.1) is 17.0 Å². The smallest absolute Gasteiger partial charge is 0.278 e. The Morgan fingerprint density at radius 1 is 1.16 bits per heavy atom. The molecule has 1 aliphatic heterocycles. The van der Waals surface area contributed by atoms with Crippen molar-refractivity contribution in [2.24, 2.45) is 0 Å². The lowest BCUT2D eigenvalue weighted by Gasteiger charge is -2.14. The molecule has 0 unspecified atom stereocenters. The number of nitro groups is 1. The van der Waals surface area contributed by atoms with Crippen molar-refractivity contribution >= 4 is 17.3 Å². The second-order valence-corrected chi connectivity index (χ2v) is 7.66. The van der Waals surface area contributed by atoms with Gasteiger partial charge in [0, 0.05) is 24.4 Å². The molecule has 160 valence electrons. The molecule has 0 atom stereocenters. The second kappa shape index (κ2) is 9.05. The molecule has 0 aliphatic carbocycles. The Morgan fingerprint density at radius 2 is 1.90 bits per heavy atom. The first-order chi connectivity index (χ1) is 15.0. The van der Waals surface area contributed by atoms with Gasteiger partial charge in [0.15, 0.2) is 5.69 Å². The lowest BCUT2D eigenvalue weighted by molar-refractivity contribution is -0.384. The average molecular weight is 420 g/mol. The van der Waals surface area contributed by atoms with Crippen molar-refractivity contribution in [2.75, 3.05) is 25.0 Å². The van der Waals surface area contributed by atoms with Gasteiger partial charge in [-0.1, -0.05) is 23.4 Å². The van der Waals surface area contributed by atoms with Gasteiger partial charge in [0.1, 0.15) is 0 Å². The highest BCUT2D eigenvalue weighted by Gasteiger charge is 2.19. The zero-order valence-corrected chi connectivity index (χ0v) is 17.3. The van der Waals surface area contributed by atoms with Crippen molar-refractivity contribution in [3.63, 3.8) is 0 Å². The van der Waals surface area contributed by atoms with E-state index in [1.165, 1.54) is 48.3 Å². The van der Waals surface area contributed by atoms with Gasteiger partial charge in [-0.25, -0.2) is 4.68 Å². The number of hydrogen-bond donors (Lipinski definition) is 1. The molecule has 9 heteroatoms. The van der Waals surface area contributed by atoms with Gasteiger partial charge in [0.2, 0.25) is 0 Å². The van der Waals surface area contributed by atoms with E-state index in [1.54, 1.807) is 19.1 Å². The molecule has 2 heterocycles. The normalized spacial score (nSPS) is 14.0. The number of hydrogen-bond acceptors (Lipinski definition) is 6. The van der Waals surface area contributed by atoms with E-state index in [0.29, 0.717) is 17.1 Å². The highest BCUT2D eigenvalue weighted by Crippen LogP contribution is 2.19. The Bertz CT molecular complexity index is 1090. The highest BCUT2D eigenvalue weighted by atomic mass is 16.6. The Morgan fingerprint density at radius 3 is 2.61 bits per heavy atom. The molecule has 1 N–H and O–H groups in total. The SMILES string of the molecule is Cc1c(C(=O)Nc2ccc(CCN3CCCC3)cc2)nnn1-c1cccc([N+](=O)[O-])c1. The number of carbonyl (C=O) groups excluding carboxylic acids is 1. The molecular weight excluding hydrogens is 396 g/mol. The lowest BCUT2D eigenvalue weighted by atomic mass is 10.1. The topological polar surface area (TPSA) is 106 Å². The quantitative estimate of drug-likeness (QED) is 0.464. The van der Waals surface area contributed by atoms with Crippen LogP contribution in [0.15, 0.2) is 48.5 Å². The first-order valence-electron chi connectivity index (χ1n) is 10.3. The predicted molar refractivity (Wildman–Crippen MR) is 117 cm³/mol. The number of nitro benzene ring substituents is 1. The van der Waals surface area contributed by atoms with Crippen LogP contribution >= 0.6 is 0 Å². The molecule has 31 heavy (non-hydrogen) atoms. The van der Waals surface area contributed by atoms with Gasteiger partial charge >= 0.3 is 0 Å². The number of benzene rings is 2. The van der Waals surface area contributed by atoms with Crippen molar-refractivity contribution in [1.29, 1.82) is 0 Å². The van der Waals surface area contributed by atoms with Crippen LogP contribution in [0.4, 0.5) is 11.4 Å². The van der Waals surface area contributed by atoms with Gasteiger partial charge in [0.05, 0.1) is 16.3 Å². The van der Waals surface area contributed by atoms with Crippen LogP contribution < -0.4 is 5.32 Å². The first-order valence-corrected chi connectivity index (χ1v) is 10.3. The van der Waals surface area contributed by atoms with Gasteiger partial charge in [-0.15, -0.1) is 5.10 Å². The summed E-state index contributed by atoms with van der Waals surface area (Å²) in [6.45, 7) is 5.13. The molecule has 1 aliphatic rings. The molecule has 1 amide bonds. The molecule has 0 radical (unpaired) electrons. The monoisotopic (exact) mass is 420 g/mol. The van der Waals surface area contributed by atoms with Crippen LogP contribution in [0.3, 0.4) is 0 Å². The fourth-order valence-corrected chi connectivity index (χ4v) is 3.76. The summed E-state index contributed by atoms with van der Waals surface area (Å²) in [5.74, 6) is -0.376. The third-order valence-electron chi connectivity index (χ3n) is 5.52. The van der Waals surface area contributed by atoms with Crippen LogP contribution in [0.2, 0.25) is 0 Å². The standard InChI is InChI=1S/C22H24N6O3/c1-16-21(24-25-27(16)19-5-4-6-20(15-19)28(30)31)22(29)23-18-9-7-17(8-10-18)11-14-26-12-2-3-13-26/h4-10,15H,2-3,11-14H2,1H3,(H,23,29). The van der Waals surface area contributed by atoms with Crippen LogP contribution in [0.5, 0.6) is 0 Å². The maximum atomic E-state index is 12.7. The van der Waals surface area contributed by atoms with Crippen LogP contribution in [0.25, 0.3) is 5.69 Å². The Kier molecular flexibility index (Phi) is 6.03.